The van der Waals surface area contributed by atoms with E-state index in [2.05, 4.69) is 31.0 Å². The Bertz CT molecular complexity index is 194. The molecule has 0 aromatic carbocycles. The first-order valence-electron chi connectivity index (χ1n) is 8.22. The van der Waals surface area contributed by atoms with Crippen LogP contribution >= 0.6 is 0 Å². The van der Waals surface area contributed by atoms with Crippen molar-refractivity contribution >= 4 is 0 Å². The van der Waals surface area contributed by atoms with E-state index in [9.17, 15) is 0 Å². The fourth-order valence-corrected chi connectivity index (χ4v) is 2.97. The van der Waals surface area contributed by atoms with Crippen molar-refractivity contribution in [2.75, 3.05) is 26.2 Å². The standard InChI is InChI=1S/C16H34N2/c1-4-11-17-15(3)9-6-7-12-18-13-8-10-16(5-2)14-18/h15-17H,4-14H2,1-3H3. The van der Waals surface area contributed by atoms with Crippen LogP contribution in [0, 0.1) is 5.92 Å². The fraction of sp³-hybridized carbons (Fsp3) is 1.00. The van der Waals surface area contributed by atoms with Crippen LogP contribution in [0.3, 0.4) is 0 Å². The van der Waals surface area contributed by atoms with E-state index in [0.29, 0.717) is 6.04 Å². The lowest BCUT2D eigenvalue weighted by atomic mass is 9.95. The van der Waals surface area contributed by atoms with E-state index < -0.39 is 0 Å². The van der Waals surface area contributed by atoms with Gasteiger partial charge in [-0.3, -0.25) is 0 Å². The second-order valence-corrected chi connectivity index (χ2v) is 6.07. The van der Waals surface area contributed by atoms with Gasteiger partial charge < -0.3 is 10.2 Å². The van der Waals surface area contributed by atoms with Crippen molar-refractivity contribution in [2.24, 2.45) is 5.92 Å². The molecule has 1 fully saturated rings. The van der Waals surface area contributed by atoms with Crippen LogP contribution in [0.5, 0.6) is 0 Å². The summed E-state index contributed by atoms with van der Waals surface area (Å²) in [6.45, 7) is 12.1. The molecule has 1 saturated heterocycles. The Morgan fingerprint density at radius 1 is 1.28 bits per heavy atom. The normalized spacial score (nSPS) is 23.2. The molecule has 1 aliphatic heterocycles. The summed E-state index contributed by atoms with van der Waals surface area (Å²) in [7, 11) is 0. The van der Waals surface area contributed by atoms with E-state index >= 15 is 0 Å². The molecule has 0 radical (unpaired) electrons. The number of unbranched alkanes of at least 4 members (excludes halogenated alkanes) is 1. The molecule has 0 aliphatic carbocycles. The van der Waals surface area contributed by atoms with Crippen molar-refractivity contribution in [3.8, 4) is 0 Å². The first kappa shape index (κ1) is 16.0. The molecule has 0 bridgehead atoms. The third kappa shape index (κ3) is 6.75. The van der Waals surface area contributed by atoms with Crippen LogP contribution in [0.25, 0.3) is 0 Å². The molecule has 0 saturated carbocycles. The second-order valence-electron chi connectivity index (χ2n) is 6.07. The monoisotopic (exact) mass is 254 g/mol. The van der Waals surface area contributed by atoms with Crippen LogP contribution in [0.4, 0.5) is 0 Å². The maximum atomic E-state index is 3.57. The molecule has 2 atom stereocenters. The van der Waals surface area contributed by atoms with E-state index in [1.54, 1.807) is 0 Å². The highest BCUT2D eigenvalue weighted by atomic mass is 15.1. The summed E-state index contributed by atoms with van der Waals surface area (Å²) in [4.78, 5) is 2.70. The Kier molecular flexibility index (Phi) is 8.70. The molecule has 0 aromatic heterocycles. The number of hydrogen-bond donors (Lipinski definition) is 1. The first-order chi connectivity index (χ1) is 8.76. The van der Waals surface area contributed by atoms with Crippen molar-refractivity contribution in [2.45, 2.75) is 71.8 Å². The molecular weight excluding hydrogens is 220 g/mol. The highest BCUT2D eigenvalue weighted by Crippen LogP contribution is 2.19. The van der Waals surface area contributed by atoms with Gasteiger partial charge in [-0.1, -0.05) is 26.7 Å². The SMILES string of the molecule is CCCNC(C)CCCCN1CCCC(CC)C1. The Balaban J connectivity index is 2.00. The molecular formula is C16H34N2. The molecule has 1 heterocycles. The molecule has 2 nitrogen and oxygen atoms in total. The number of hydrogen-bond acceptors (Lipinski definition) is 2. The van der Waals surface area contributed by atoms with E-state index in [-0.39, 0.29) is 0 Å². The Morgan fingerprint density at radius 2 is 2.11 bits per heavy atom. The first-order valence-corrected chi connectivity index (χ1v) is 8.22. The minimum Gasteiger partial charge on any atom is -0.314 e. The predicted octanol–water partition coefficient (Wildman–Crippen LogP) is 3.67. The van der Waals surface area contributed by atoms with Gasteiger partial charge in [-0.05, 0) is 64.6 Å². The maximum Gasteiger partial charge on any atom is 0.00387 e. The minimum absolute atomic E-state index is 0.703. The van der Waals surface area contributed by atoms with Gasteiger partial charge >= 0.3 is 0 Å². The van der Waals surface area contributed by atoms with Crippen molar-refractivity contribution in [3.05, 3.63) is 0 Å². The van der Waals surface area contributed by atoms with Gasteiger partial charge in [0.2, 0.25) is 0 Å². The van der Waals surface area contributed by atoms with Crippen LogP contribution in [0.15, 0.2) is 0 Å². The van der Waals surface area contributed by atoms with Crippen molar-refractivity contribution in [1.29, 1.82) is 0 Å². The van der Waals surface area contributed by atoms with Gasteiger partial charge in [-0.2, -0.15) is 0 Å². The summed E-state index contributed by atoms with van der Waals surface area (Å²) in [5, 5.41) is 3.57. The Labute approximate surface area is 115 Å². The number of nitrogens with zero attached hydrogens (tertiary/aromatic N) is 1. The van der Waals surface area contributed by atoms with Crippen LogP contribution in [0.2, 0.25) is 0 Å². The summed E-state index contributed by atoms with van der Waals surface area (Å²) in [5.41, 5.74) is 0. The van der Waals surface area contributed by atoms with Gasteiger partial charge in [0.1, 0.15) is 0 Å². The van der Waals surface area contributed by atoms with E-state index in [1.807, 2.05) is 0 Å². The zero-order valence-electron chi connectivity index (χ0n) is 12.9. The highest BCUT2D eigenvalue weighted by molar-refractivity contribution is 4.72. The van der Waals surface area contributed by atoms with Crippen LogP contribution in [-0.4, -0.2) is 37.1 Å². The third-order valence-electron chi connectivity index (χ3n) is 4.28. The molecule has 108 valence electrons. The van der Waals surface area contributed by atoms with Gasteiger partial charge in [0.25, 0.3) is 0 Å². The fourth-order valence-electron chi connectivity index (χ4n) is 2.97. The highest BCUT2D eigenvalue weighted by Gasteiger charge is 2.17. The van der Waals surface area contributed by atoms with Gasteiger partial charge in [-0.15, -0.1) is 0 Å². The van der Waals surface area contributed by atoms with Crippen molar-refractivity contribution < 1.29 is 0 Å². The molecule has 0 amide bonds. The van der Waals surface area contributed by atoms with Gasteiger partial charge in [0.05, 0.1) is 0 Å². The molecule has 1 N–H and O–H groups in total. The molecule has 2 unspecified atom stereocenters. The average Bonchev–Trinajstić information content (AvgIpc) is 2.41. The summed E-state index contributed by atoms with van der Waals surface area (Å²) < 4.78 is 0. The van der Waals surface area contributed by atoms with Crippen LogP contribution in [0.1, 0.15) is 65.7 Å². The van der Waals surface area contributed by atoms with Crippen LogP contribution in [-0.2, 0) is 0 Å². The van der Waals surface area contributed by atoms with Gasteiger partial charge in [0, 0.05) is 12.6 Å². The molecule has 1 rings (SSSR count). The summed E-state index contributed by atoms with van der Waals surface area (Å²) in [6.07, 6.45) is 9.60. The number of nitrogens with one attached hydrogen (secondary N) is 1. The Morgan fingerprint density at radius 3 is 2.83 bits per heavy atom. The Hall–Kier alpha value is -0.0800. The van der Waals surface area contributed by atoms with E-state index in [4.69, 9.17) is 0 Å². The number of piperidine rings is 1. The molecule has 2 heteroatoms. The summed E-state index contributed by atoms with van der Waals surface area (Å²) in [5.74, 6) is 0.976. The summed E-state index contributed by atoms with van der Waals surface area (Å²) in [6, 6.07) is 0.703. The summed E-state index contributed by atoms with van der Waals surface area (Å²) >= 11 is 0. The topological polar surface area (TPSA) is 15.3 Å². The lowest BCUT2D eigenvalue weighted by Gasteiger charge is -2.32. The van der Waals surface area contributed by atoms with E-state index in [0.717, 1.165) is 5.92 Å². The minimum atomic E-state index is 0.703. The zero-order chi connectivity index (χ0) is 13.2. The van der Waals surface area contributed by atoms with Gasteiger partial charge in [0.15, 0.2) is 0 Å². The molecule has 0 spiro atoms. The number of likely N-dealkylation sites (tertiary alicyclic amines) is 1. The molecule has 18 heavy (non-hydrogen) atoms. The van der Waals surface area contributed by atoms with E-state index in [1.165, 1.54) is 71.1 Å². The lowest BCUT2D eigenvalue weighted by molar-refractivity contribution is 0.168. The van der Waals surface area contributed by atoms with Gasteiger partial charge in [-0.25, -0.2) is 0 Å². The quantitative estimate of drug-likeness (QED) is 0.632. The zero-order valence-corrected chi connectivity index (χ0v) is 12.9. The predicted molar refractivity (Wildman–Crippen MR) is 81.1 cm³/mol. The third-order valence-corrected chi connectivity index (χ3v) is 4.28. The molecule has 0 aromatic rings. The smallest absolute Gasteiger partial charge is 0.00387 e. The second kappa shape index (κ2) is 9.80. The van der Waals surface area contributed by atoms with Crippen LogP contribution < -0.4 is 5.32 Å². The maximum absolute atomic E-state index is 3.57. The average molecular weight is 254 g/mol. The largest absolute Gasteiger partial charge is 0.314 e. The van der Waals surface area contributed by atoms with Crippen molar-refractivity contribution in [3.63, 3.8) is 0 Å². The lowest BCUT2D eigenvalue weighted by Crippen LogP contribution is -2.36. The van der Waals surface area contributed by atoms with Crippen molar-refractivity contribution in [1.82, 2.24) is 10.2 Å². The number of rotatable bonds is 9. The molecule has 1 aliphatic rings.